The Morgan fingerprint density at radius 1 is 1.38 bits per heavy atom. The number of piperidine rings is 1. The van der Waals surface area contributed by atoms with Crippen LogP contribution in [0.3, 0.4) is 0 Å². The average Bonchev–Trinajstić information content (AvgIpc) is 2.48. The highest BCUT2D eigenvalue weighted by Crippen LogP contribution is 2.20. The first-order chi connectivity index (χ1) is 10.1. The summed E-state index contributed by atoms with van der Waals surface area (Å²) >= 11 is 0. The molecule has 114 valence electrons. The summed E-state index contributed by atoms with van der Waals surface area (Å²) in [4.78, 5) is 24.2. The Balaban J connectivity index is 1.92. The van der Waals surface area contributed by atoms with Crippen molar-refractivity contribution in [1.29, 1.82) is 0 Å². The van der Waals surface area contributed by atoms with Gasteiger partial charge in [-0.15, -0.1) is 0 Å². The summed E-state index contributed by atoms with van der Waals surface area (Å²) < 4.78 is 0. The molecule has 1 saturated heterocycles. The van der Waals surface area contributed by atoms with Crippen LogP contribution in [-0.2, 0) is 11.2 Å². The zero-order chi connectivity index (χ0) is 15.2. The number of carbonyl (C=O) groups excluding carboxylic acids is 1. The molecule has 6 heteroatoms. The molecule has 1 aliphatic rings. The molecule has 0 aliphatic carbocycles. The summed E-state index contributed by atoms with van der Waals surface area (Å²) in [5.74, 6) is 0.427. The number of nitro groups is 1. The number of nitrogens with zero attached hydrogens (tertiary/aromatic N) is 2. The Labute approximate surface area is 123 Å². The van der Waals surface area contributed by atoms with Gasteiger partial charge >= 0.3 is 0 Å². The van der Waals surface area contributed by atoms with E-state index in [0.29, 0.717) is 12.5 Å². The van der Waals surface area contributed by atoms with Crippen LogP contribution >= 0.6 is 0 Å². The minimum atomic E-state index is -0.449. The van der Waals surface area contributed by atoms with E-state index < -0.39 is 4.92 Å². The molecule has 0 aromatic heterocycles. The van der Waals surface area contributed by atoms with Crippen LogP contribution in [0, 0.1) is 16.0 Å². The van der Waals surface area contributed by atoms with Gasteiger partial charge in [-0.25, -0.2) is 0 Å². The van der Waals surface area contributed by atoms with Gasteiger partial charge in [0.25, 0.3) is 5.69 Å². The number of benzene rings is 1. The largest absolute Gasteiger partial charge is 0.396 e. The zero-order valence-corrected chi connectivity index (χ0v) is 11.9. The number of aliphatic hydroxyl groups is 1. The molecule has 1 amide bonds. The molecule has 1 heterocycles. The molecule has 0 bridgehead atoms. The summed E-state index contributed by atoms with van der Waals surface area (Å²) in [6, 6.07) is 6.11. The van der Waals surface area contributed by atoms with Crippen LogP contribution in [0.4, 0.5) is 5.69 Å². The summed E-state index contributed by atoms with van der Waals surface area (Å²) in [6.45, 7) is 1.62. The fraction of sp³-hybridized carbons (Fsp3) is 0.533. The van der Waals surface area contributed by atoms with E-state index in [2.05, 4.69) is 0 Å². The van der Waals surface area contributed by atoms with Gasteiger partial charge in [0.15, 0.2) is 0 Å². The third kappa shape index (κ3) is 4.26. The van der Waals surface area contributed by atoms with Crippen molar-refractivity contribution in [2.45, 2.75) is 25.7 Å². The number of hydrogen-bond donors (Lipinski definition) is 1. The number of hydrogen-bond acceptors (Lipinski definition) is 4. The van der Waals surface area contributed by atoms with E-state index in [1.807, 2.05) is 4.90 Å². The Hall–Kier alpha value is -1.95. The number of amides is 1. The molecule has 1 unspecified atom stereocenters. The van der Waals surface area contributed by atoms with E-state index in [-0.39, 0.29) is 24.6 Å². The first-order valence-electron chi connectivity index (χ1n) is 7.22. The van der Waals surface area contributed by atoms with E-state index >= 15 is 0 Å². The van der Waals surface area contributed by atoms with Crippen LogP contribution in [0.5, 0.6) is 0 Å². The van der Waals surface area contributed by atoms with Crippen molar-refractivity contribution in [1.82, 2.24) is 4.90 Å². The Bertz CT molecular complexity index is 499. The van der Waals surface area contributed by atoms with Gasteiger partial charge in [0.1, 0.15) is 0 Å². The number of non-ortho nitro benzene ring substituents is 1. The maximum Gasteiger partial charge on any atom is 0.269 e. The minimum Gasteiger partial charge on any atom is -0.396 e. The number of rotatable bonds is 5. The first kappa shape index (κ1) is 15.4. The van der Waals surface area contributed by atoms with E-state index in [4.69, 9.17) is 5.11 Å². The van der Waals surface area contributed by atoms with E-state index in [1.54, 1.807) is 12.1 Å². The molecular formula is C15H20N2O4. The van der Waals surface area contributed by atoms with Gasteiger partial charge in [-0.3, -0.25) is 14.9 Å². The summed E-state index contributed by atoms with van der Waals surface area (Å²) in [6.07, 6.45) is 3.03. The second kappa shape index (κ2) is 7.17. The number of likely N-dealkylation sites (tertiary alicyclic amines) is 1. The fourth-order valence-electron chi connectivity index (χ4n) is 2.73. The second-order valence-electron chi connectivity index (χ2n) is 5.46. The first-order valence-corrected chi connectivity index (χ1v) is 7.22. The van der Waals surface area contributed by atoms with Crippen molar-refractivity contribution in [3.63, 3.8) is 0 Å². The van der Waals surface area contributed by atoms with E-state index in [0.717, 1.165) is 31.4 Å². The highest BCUT2D eigenvalue weighted by molar-refractivity contribution is 5.79. The van der Waals surface area contributed by atoms with Gasteiger partial charge in [-0.2, -0.15) is 0 Å². The van der Waals surface area contributed by atoms with Crippen molar-refractivity contribution < 1.29 is 14.8 Å². The SMILES string of the molecule is O=C(Cc1ccc([N+](=O)[O-])cc1)N1CCCC(CCO)C1. The lowest BCUT2D eigenvalue weighted by Crippen LogP contribution is -2.40. The van der Waals surface area contributed by atoms with E-state index in [1.165, 1.54) is 12.1 Å². The van der Waals surface area contributed by atoms with E-state index in [9.17, 15) is 14.9 Å². The molecule has 6 nitrogen and oxygen atoms in total. The third-order valence-corrected chi connectivity index (χ3v) is 3.91. The smallest absolute Gasteiger partial charge is 0.269 e. The quantitative estimate of drug-likeness (QED) is 0.662. The summed E-state index contributed by atoms with van der Waals surface area (Å²) in [5.41, 5.74) is 0.821. The average molecular weight is 292 g/mol. The monoisotopic (exact) mass is 292 g/mol. The van der Waals surface area contributed by atoms with Crippen LogP contribution in [0.25, 0.3) is 0 Å². The molecule has 1 aromatic carbocycles. The molecular weight excluding hydrogens is 272 g/mol. The van der Waals surface area contributed by atoms with Crippen molar-refractivity contribution >= 4 is 11.6 Å². The van der Waals surface area contributed by atoms with Crippen LogP contribution in [-0.4, -0.2) is 40.5 Å². The zero-order valence-electron chi connectivity index (χ0n) is 11.9. The Kier molecular flexibility index (Phi) is 5.27. The van der Waals surface area contributed by atoms with Crippen LogP contribution < -0.4 is 0 Å². The predicted molar refractivity (Wildman–Crippen MR) is 77.8 cm³/mol. The maximum atomic E-state index is 12.3. The second-order valence-corrected chi connectivity index (χ2v) is 5.46. The Morgan fingerprint density at radius 2 is 2.10 bits per heavy atom. The topological polar surface area (TPSA) is 83.7 Å². The highest BCUT2D eigenvalue weighted by Gasteiger charge is 2.23. The van der Waals surface area contributed by atoms with Gasteiger partial charge in [-0.1, -0.05) is 12.1 Å². The van der Waals surface area contributed by atoms with Crippen molar-refractivity contribution in [3.05, 3.63) is 39.9 Å². The number of carbonyl (C=O) groups is 1. The Morgan fingerprint density at radius 3 is 2.71 bits per heavy atom. The molecule has 1 aliphatic heterocycles. The molecule has 1 N–H and O–H groups in total. The van der Waals surface area contributed by atoms with Crippen LogP contribution in [0.15, 0.2) is 24.3 Å². The minimum absolute atomic E-state index is 0.0344. The normalized spacial score (nSPS) is 18.5. The summed E-state index contributed by atoms with van der Waals surface area (Å²) in [7, 11) is 0. The molecule has 2 rings (SSSR count). The highest BCUT2D eigenvalue weighted by atomic mass is 16.6. The van der Waals surface area contributed by atoms with Crippen LogP contribution in [0.2, 0.25) is 0 Å². The molecule has 1 aromatic rings. The van der Waals surface area contributed by atoms with Crippen molar-refractivity contribution in [2.75, 3.05) is 19.7 Å². The van der Waals surface area contributed by atoms with Crippen molar-refractivity contribution in [3.8, 4) is 0 Å². The standard InChI is InChI=1S/C15H20N2O4/c18-9-7-13-2-1-8-16(11-13)15(19)10-12-3-5-14(6-4-12)17(20)21/h3-6,13,18H,1-2,7-11H2. The van der Waals surface area contributed by atoms with Gasteiger partial charge in [-0.05, 0) is 30.7 Å². The summed E-state index contributed by atoms with van der Waals surface area (Å²) in [5, 5.41) is 19.6. The lowest BCUT2D eigenvalue weighted by atomic mass is 9.94. The molecule has 0 radical (unpaired) electrons. The number of aliphatic hydroxyl groups excluding tert-OH is 1. The van der Waals surface area contributed by atoms with Crippen LogP contribution in [0.1, 0.15) is 24.8 Å². The lowest BCUT2D eigenvalue weighted by Gasteiger charge is -2.32. The third-order valence-electron chi connectivity index (χ3n) is 3.91. The predicted octanol–water partition coefficient (Wildman–Crippen LogP) is 1.76. The van der Waals surface area contributed by atoms with Gasteiger partial charge < -0.3 is 10.0 Å². The fourth-order valence-corrected chi connectivity index (χ4v) is 2.73. The molecule has 0 spiro atoms. The molecule has 1 fully saturated rings. The molecule has 21 heavy (non-hydrogen) atoms. The lowest BCUT2D eigenvalue weighted by molar-refractivity contribution is -0.384. The van der Waals surface area contributed by atoms with Gasteiger partial charge in [0.2, 0.25) is 5.91 Å². The maximum absolute atomic E-state index is 12.3. The van der Waals surface area contributed by atoms with Crippen molar-refractivity contribution in [2.24, 2.45) is 5.92 Å². The van der Waals surface area contributed by atoms with Gasteiger partial charge in [0, 0.05) is 31.8 Å². The number of nitro benzene ring substituents is 1. The molecule has 0 saturated carbocycles. The van der Waals surface area contributed by atoms with Gasteiger partial charge in [0.05, 0.1) is 11.3 Å². The molecule has 1 atom stereocenters.